The van der Waals surface area contributed by atoms with Gasteiger partial charge in [-0.05, 0) is 60.0 Å². The lowest BCUT2D eigenvalue weighted by Gasteiger charge is -2.12. The molecule has 0 atom stereocenters. The van der Waals surface area contributed by atoms with E-state index in [-0.39, 0.29) is 54.3 Å². The lowest BCUT2D eigenvalue weighted by Crippen LogP contribution is -2.02. The lowest BCUT2D eigenvalue weighted by atomic mass is 10.1. The summed E-state index contributed by atoms with van der Waals surface area (Å²) in [5.41, 5.74) is 4.73. The molecule has 0 unspecified atom stereocenters. The molecule has 0 bridgehead atoms. The Hall–Kier alpha value is -5.46. The first-order chi connectivity index (χ1) is 24.1. The number of benzene rings is 6. The van der Waals surface area contributed by atoms with Crippen LogP contribution in [0.3, 0.4) is 0 Å². The molecule has 22 heteroatoms. The number of phenolic OH excluding ortho intramolecular Hbond substituents is 1. The van der Waals surface area contributed by atoms with Crippen LogP contribution in [-0.2, 0) is 40.5 Å². The molecule has 0 radical (unpaired) electrons. The van der Waals surface area contributed by atoms with Crippen molar-refractivity contribution in [1.29, 1.82) is 0 Å². The van der Waals surface area contributed by atoms with E-state index in [1.807, 2.05) is 0 Å². The van der Waals surface area contributed by atoms with Crippen LogP contribution in [0.4, 0.5) is 28.4 Å². The van der Waals surface area contributed by atoms with Crippen LogP contribution in [0, 0.1) is 0 Å². The van der Waals surface area contributed by atoms with Crippen molar-refractivity contribution in [3.63, 3.8) is 0 Å². The van der Waals surface area contributed by atoms with E-state index in [0.29, 0.717) is 0 Å². The van der Waals surface area contributed by atoms with Gasteiger partial charge in [0, 0.05) is 32.6 Å². The second kappa shape index (κ2) is 12.6. The third-order valence-electron chi connectivity index (χ3n) is 7.63. The summed E-state index contributed by atoms with van der Waals surface area (Å²) in [6.45, 7) is 0. The molecule has 0 aliphatic heterocycles. The molecular weight excluding hydrogens is 767 g/mol. The fourth-order valence-corrected chi connectivity index (χ4v) is 7.76. The highest BCUT2D eigenvalue weighted by Crippen LogP contribution is 2.45. The number of hydrogen-bond acceptors (Lipinski definition) is 14. The van der Waals surface area contributed by atoms with Crippen LogP contribution in [0.5, 0.6) is 5.75 Å². The Kier molecular flexibility index (Phi) is 8.83. The van der Waals surface area contributed by atoms with Gasteiger partial charge in [0.05, 0.1) is 26.9 Å². The highest BCUT2D eigenvalue weighted by Gasteiger charge is 2.25. The molecule has 52 heavy (non-hydrogen) atoms. The summed E-state index contributed by atoms with van der Waals surface area (Å²) >= 11 is 0. The van der Waals surface area contributed by atoms with Gasteiger partial charge in [-0.3, -0.25) is 18.2 Å². The minimum Gasteiger partial charge on any atom is -0.505 e. The van der Waals surface area contributed by atoms with E-state index in [1.54, 1.807) is 12.1 Å². The molecule has 0 fully saturated rings. The summed E-state index contributed by atoms with van der Waals surface area (Å²) in [5.74, 6) is -0.941. The molecule has 0 saturated carbocycles. The van der Waals surface area contributed by atoms with Crippen LogP contribution in [-0.4, -0.2) is 57.0 Å². The summed E-state index contributed by atoms with van der Waals surface area (Å²) in [4.78, 5) is -2.69. The van der Waals surface area contributed by atoms with E-state index in [4.69, 9.17) is 5.73 Å². The summed E-state index contributed by atoms with van der Waals surface area (Å²) in [5, 5.41) is 27.2. The fraction of sp³-hybridized carbons (Fsp3) is 0. The van der Waals surface area contributed by atoms with Crippen molar-refractivity contribution >= 4 is 101 Å². The Balaban J connectivity index is 1.53. The molecule has 7 N–H and O–H groups in total. The lowest BCUT2D eigenvalue weighted by molar-refractivity contribution is 0.472. The molecule has 6 aromatic carbocycles. The zero-order valence-electron chi connectivity index (χ0n) is 25.6. The average molecular weight is 788 g/mol. The Bertz CT molecular complexity index is 3040. The zero-order valence-corrected chi connectivity index (χ0v) is 28.9. The maximum absolute atomic E-state index is 12.4. The monoisotopic (exact) mass is 787 g/mol. The number of rotatable bonds is 8. The number of hydrogen-bond donors (Lipinski definition) is 6. The highest BCUT2D eigenvalue weighted by atomic mass is 32.2. The summed E-state index contributed by atoms with van der Waals surface area (Å²) < 4.78 is 135. The summed E-state index contributed by atoms with van der Waals surface area (Å²) in [7, 11) is -19.4. The minimum atomic E-state index is -5.18. The van der Waals surface area contributed by atoms with Crippen molar-refractivity contribution in [2.75, 3.05) is 5.73 Å². The molecule has 0 aliphatic carbocycles. The first kappa shape index (κ1) is 36.3. The first-order valence-electron chi connectivity index (χ1n) is 14.1. The van der Waals surface area contributed by atoms with Crippen molar-refractivity contribution in [2.24, 2.45) is 20.5 Å². The van der Waals surface area contributed by atoms with Gasteiger partial charge in [0.15, 0.2) is 5.75 Å². The van der Waals surface area contributed by atoms with E-state index in [0.717, 1.165) is 36.4 Å². The molecular formula is C30H21N5O13S4. The smallest absolute Gasteiger partial charge is 0.296 e. The number of phenols is 1. The van der Waals surface area contributed by atoms with Gasteiger partial charge in [-0.15, -0.1) is 20.5 Å². The molecule has 0 heterocycles. The Morgan fingerprint density at radius 2 is 1.00 bits per heavy atom. The molecule has 268 valence electrons. The van der Waals surface area contributed by atoms with E-state index in [9.17, 15) is 57.0 Å². The average Bonchev–Trinajstić information content (AvgIpc) is 3.04. The van der Waals surface area contributed by atoms with Gasteiger partial charge in [0.25, 0.3) is 40.5 Å². The van der Waals surface area contributed by atoms with Crippen LogP contribution in [0.2, 0.25) is 0 Å². The largest absolute Gasteiger partial charge is 0.505 e. The number of fused-ring (bicyclic) bond motifs is 3. The van der Waals surface area contributed by atoms with Gasteiger partial charge >= 0.3 is 0 Å². The minimum absolute atomic E-state index is 0.00280. The van der Waals surface area contributed by atoms with Crippen LogP contribution in [0.25, 0.3) is 32.3 Å². The fourth-order valence-electron chi connectivity index (χ4n) is 5.34. The topological polar surface area (TPSA) is 313 Å². The van der Waals surface area contributed by atoms with Crippen LogP contribution >= 0.6 is 0 Å². The number of nitrogen functional groups attached to an aromatic ring is 1. The first-order valence-corrected chi connectivity index (χ1v) is 19.8. The predicted molar refractivity (Wildman–Crippen MR) is 186 cm³/mol. The van der Waals surface area contributed by atoms with Crippen LogP contribution in [0.15, 0.2) is 125 Å². The van der Waals surface area contributed by atoms with Gasteiger partial charge in [0.1, 0.15) is 15.5 Å². The molecule has 18 nitrogen and oxygen atoms in total. The van der Waals surface area contributed by atoms with Gasteiger partial charge in [0.2, 0.25) is 0 Å². The quantitative estimate of drug-likeness (QED) is 0.0564. The number of aromatic hydroxyl groups is 1. The molecule has 0 amide bonds. The van der Waals surface area contributed by atoms with E-state index in [1.165, 1.54) is 36.4 Å². The number of anilines is 1. The molecule has 6 rings (SSSR count). The summed E-state index contributed by atoms with van der Waals surface area (Å²) in [6, 6.07) is 16.7. The van der Waals surface area contributed by atoms with Crippen molar-refractivity contribution in [3.8, 4) is 5.75 Å². The molecule has 6 aromatic rings. The Labute approximate surface area is 293 Å². The molecule has 0 aromatic heterocycles. The van der Waals surface area contributed by atoms with Crippen LogP contribution < -0.4 is 5.73 Å². The number of azo groups is 2. The van der Waals surface area contributed by atoms with E-state index < -0.39 is 72.3 Å². The van der Waals surface area contributed by atoms with Gasteiger partial charge < -0.3 is 10.8 Å². The maximum Gasteiger partial charge on any atom is 0.296 e. The van der Waals surface area contributed by atoms with Crippen molar-refractivity contribution in [3.05, 3.63) is 84.9 Å². The number of nitrogens with two attached hydrogens (primary N) is 1. The highest BCUT2D eigenvalue weighted by molar-refractivity contribution is 7.86. The number of nitrogens with zero attached hydrogens (tertiary/aromatic N) is 4. The van der Waals surface area contributed by atoms with Crippen molar-refractivity contribution in [1.82, 2.24) is 0 Å². The SMILES string of the molecule is Nc1cc(S(=O)(=O)O)cc2cc(S(=O)(=O)O)c(N=Nc3ccc(N=Nc4ccc(S(=O)(=O)O)c5ccccc45)c4cc(S(=O)(=O)O)ccc34)c(O)c12. The Morgan fingerprint density at radius 1 is 0.481 bits per heavy atom. The zero-order chi connectivity index (χ0) is 38.0. The Morgan fingerprint density at radius 3 is 1.58 bits per heavy atom. The van der Waals surface area contributed by atoms with E-state index >= 15 is 0 Å². The maximum atomic E-state index is 12.4. The summed E-state index contributed by atoms with van der Waals surface area (Å²) in [6.07, 6.45) is 0. The van der Waals surface area contributed by atoms with Crippen molar-refractivity contribution in [2.45, 2.75) is 19.6 Å². The standard InChI is InChI=1S/C30H21N5O13S4/c31-22-14-17(50(40,41)42)11-15-12-27(52(46,47)48)29(30(36)28(15)22)35-34-23-7-8-25(21-13-16(49(37,38)39)5-6-19(21)23)33-32-24-9-10-26(51(43,44)45)20-4-2-1-3-18(20)24/h1-14,36H,31H2,(H,37,38,39)(H,40,41,42)(H,43,44,45)(H,46,47,48). The van der Waals surface area contributed by atoms with Gasteiger partial charge in [-0.25, -0.2) is 0 Å². The third-order valence-corrected chi connectivity index (χ3v) is 11.1. The molecule has 0 saturated heterocycles. The third kappa shape index (κ3) is 6.91. The van der Waals surface area contributed by atoms with Crippen molar-refractivity contribution < 1.29 is 57.0 Å². The predicted octanol–water partition coefficient (Wildman–Crippen LogP) is 6.25. The van der Waals surface area contributed by atoms with Crippen LogP contribution in [0.1, 0.15) is 0 Å². The second-order valence-corrected chi connectivity index (χ2v) is 16.5. The van der Waals surface area contributed by atoms with Gasteiger partial charge in [-0.1, -0.05) is 30.3 Å². The van der Waals surface area contributed by atoms with Gasteiger partial charge in [-0.2, -0.15) is 33.7 Å². The second-order valence-electron chi connectivity index (χ2n) is 10.9. The molecule has 0 spiro atoms. The molecule has 0 aliphatic rings. The normalized spacial score (nSPS) is 13.2. The van der Waals surface area contributed by atoms with E-state index in [2.05, 4.69) is 20.5 Å².